The van der Waals surface area contributed by atoms with Crippen LogP contribution in [0.5, 0.6) is 0 Å². The summed E-state index contributed by atoms with van der Waals surface area (Å²) in [5.41, 5.74) is 5.91. The average molecular weight is 251 g/mol. The molecule has 1 aliphatic heterocycles. The van der Waals surface area contributed by atoms with Gasteiger partial charge >= 0.3 is 0 Å². The van der Waals surface area contributed by atoms with Crippen LogP contribution >= 0.6 is 0 Å². The molecule has 2 rings (SSSR count). The van der Waals surface area contributed by atoms with Gasteiger partial charge in [-0.2, -0.15) is 0 Å². The standard InChI is InChI=1S/C13H18FN3O/c1-17(11-4-5-16-7-11)8-10-3-2-9(13(15)18)6-12(10)14/h2-3,6,11,16H,4-5,7-8H2,1H3,(H2,15,18). The van der Waals surface area contributed by atoms with E-state index in [4.69, 9.17) is 5.73 Å². The van der Waals surface area contributed by atoms with Gasteiger partial charge in [0.25, 0.3) is 0 Å². The third kappa shape index (κ3) is 2.86. The Bertz CT molecular complexity index is 444. The lowest BCUT2D eigenvalue weighted by atomic mass is 10.1. The van der Waals surface area contributed by atoms with Gasteiger partial charge in [-0.1, -0.05) is 6.07 Å². The van der Waals surface area contributed by atoms with Crippen LogP contribution in [-0.2, 0) is 6.54 Å². The van der Waals surface area contributed by atoms with Crippen LogP contribution in [0.3, 0.4) is 0 Å². The van der Waals surface area contributed by atoms with Crippen LogP contribution in [-0.4, -0.2) is 37.0 Å². The van der Waals surface area contributed by atoms with E-state index < -0.39 is 5.91 Å². The molecular formula is C13H18FN3O. The Balaban J connectivity index is 2.06. The second-order valence-corrected chi connectivity index (χ2v) is 4.73. The summed E-state index contributed by atoms with van der Waals surface area (Å²) in [4.78, 5) is 13.1. The lowest BCUT2D eigenvalue weighted by molar-refractivity contribution is 0.1000. The molecule has 1 heterocycles. The van der Waals surface area contributed by atoms with E-state index in [0.717, 1.165) is 19.5 Å². The molecule has 3 N–H and O–H groups in total. The van der Waals surface area contributed by atoms with E-state index in [1.165, 1.54) is 6.07 Å². The van der Waals surface area contributed by atoms with Crippen LogP contribution in [0.1, 0.15) is 22.3 Å². The molecule has 1 atom stereocenters. The maximum atomic E-state index is 13.8. The number of halogens is 1. The number of rotatable bonds is 4. The van der Waals surface area contributed by atoms with Crippen LogP contribution in [0.15, 0.2) is 18.2 Å². The Morgan fingerprint density at radius 3 is 2.94 bits per heavy atom. The topological polar surface area (TPSA) is 58.4 Å². The summed E-state index contributed by atoms with van der Waals surface area (Å²) in [6.45, 7) is 2.49. The van der Waals surface area contributed by atoms with Crippen molar-refractivity contribution in [3.63, 3.8) is 0 Å². The first-order valence-electron chi connectivity index (χ1n) is 6.07. The molecule has 1 aromatic carbocycles. The molecule has 0 saturated carbocycles. The third-order valence-electron chi connectivity index (χ3n) is 3.41. The van der Waals surface area contributed by atoms with Crippen molar-refractivity contribution in [1.82, 2.24) is 10.2 Å². The number of nitrogens with two attached hydrogens (primary N) is 1. The van der Waals surface area contributed by atoms with Crippen molar-refractivity contribution in [1.29, 1.82) is 0 Å². The van der Waals surface area contributed by atoms with E-state index in [9.17, 15) is 9.18 Å². The molecule has 0 aromatic heterocycles. The first-order chi connectivity index (χ1) is 8.58. The molecule has 5 heteroatoms. The van der Waals surface area contributed by atoms with Crippen molar-refractivity contribution in [3.8, 4) is 0 Å². The average Bonchev–Trinajstić information content (AvgIpc) is 2.85. The molecular weight excluding hydrogens is 233 g/mol. The fourth-order valence-electron chi connectivity index (χ4n) is 2.24. The quantitative estimate of drug-likeness (QED) is 0.829. The van der Waals surface area contributed by atoms with Gasteiger partial charge in [-0.25, -0.2) is 4.39 Å². The van der Waals surface area contributed by atoms with E-state index in [1.54, 1.807) is 12.1 Å². The van der Waals surface area contributed by atoms with Crippen molar-refractivity contribution in [2.24, 2.45) is 5.73 Å². The molecule has 1 aliphatic rings. The predicted molar refractivity (Wildman–Crippen MR) is 67.7 cm³/mol. The van der Waals surface area contributed by atoms with E-state index in [1.807, 2.05) is 7.05 Å². The van der Waals surface area contributed by atoms with Gasteiger partial charge in [0, 0.05) is 30.3 Å². The lowest BCUT2D eigenvalue weighted by Gasteiger charge is -2.23. The molecule has 1 aromatic rings. The van der Waals surface area contributed by atoms with Crippen LogP contribution in [0.2, 0.25) is 0 Å². The Morgan fingerprint density at radius 2 is 2.39 bits per heavy atom. The van der Waals surface area contributed by atoms with Gasteiger partial charge in [0.15, 0.2) is 0 Å². The summed E-state index contributed by atoms with van der Waals surface area (Å²) in [6.07, 6.45) is 1.08. The normalized spacial score (nSPS) is 19.4. The van der Waals surface area contributed by atoms with Crippen molar-refractivity contribution < 1.29 is 9.18 Å². The Morgan fingerprint density at radius 1 is 1.61 bits per heavy atom. The van der Waals surface area contributed by atoms with Crippen molar-refractivity contribution in [2.45, 2.75) is 19.0 Å². The Hall–Kier alpha value is -1.46. The van der Waals surface area contributed by atoms with Crippen molar-refractivity contribution >= 4 is 5.91 Å². The summed E-state index contributed by atoms with van der Waals surface area (Å²) in [7, 11) is 1.99. The van der Waals surface area contributed by atoms with Gasteiger partial charge in [-0.3, -0.25) is 9.69 Å². The molecule has 4 nitrogen and oxygen atoms in total. The number of hydrogen-bond donors (Lipinski definition) is 2. The largest absolute Gasteiger partial charge is 0.366 e. The summed E-state index contributed by atoms with van der Waals surface area (Å²) in [6, 6.07) is 4.86. The minimum absolute atomic E-state index is 0.210. The highest BCUT2D eigenvalue weighted by atomic mass is 19.1. The number of primary amides is 1. The third-order valence-corrected chi connectivity index (χ3v) is 3.41. The van der Waals surface area contributed by atoms with Gasteiger partial charge in [0.1, 0.15) is 5.82 Å². The monoisotopic (exact) mass is 251 g/mol. The molecule has 0 aliphatic carbocycles. The zero-order chi connectivity index (χ0) is 13.1. The fourth-order valence-corrected chi connectivity index (χ4v) is 2.24. The number of likely N-dealkylation sites (N-methyl/N-ethyl adjacent to an activating group) is 1. The summed E-state index contributed by atoms with van der Waals surface area (Å²) in [5.74, 6) is -0.974. The first-order valence-corrected chi connectivity index (χ1v) is 6.07. The van der Waals surface area contributed by atoms with Gasteiger partial charge < -0.3 is 11.1 Å². The van der Waals surface area contributed by atoms with Gasteiger partial charge in [-0.05, 0) is 32.1 Å². The maximum Gasteiger partial charge on any atom is 0.248 e. The molecule has 0 spiro atoms. The number of hydrogen-bond acceptors (Lipinski definition) is 3. The summed E-state index contributed by atoms with van der Waals surface area (Å²) in [5, 5.41) is 3.28. The Kier molecular flexibility index (Phi) is 3.93. The minimum atomic E-state index is -0.603. The SMILES string of the molecule is CN(Cc1ccc(C(N)=O)cc1F)C1CCNC1. The molecule has 18 heavy (non-hydrogen) atoms. The van der Waals surface area contributed by atoms with E-state index in [-0.39, 0.29) is 11.4 Å². The second kappa shape index (κ2) is 5.46. The molecule has 1 amide bonds. The number of carbonyl (C=O) groups excluding carboxylic acids is 1. The van der Waals surface area contributed by atoms with E-state index >= 15 is 0 Å². The minimum Gasteiger partial charge on any atom is -0.366 e. The first kappa shape index (κ1) is 13.0. The lowest BCUT2D eigenvalue weighted by Crippen LogP contribution is -2.33. The molecule has 1 fully saturated rings. The Labute approximate surface area is 106 Å². The molecule has 1 unspecified atom stereocenters. The number of benzene rings is 1. The van der Waals surface area contributed by atoms with Gasteiger partial charge in [0.2, 0.25) is 5.91 Å². The highest BCUT2D eigenvalue weighted by Gasteiger charge is 2.20. The van der Waals surface area contributed by atoms with Gasteiger partial charge in [-0.15, -0.1) is 0 Å². The van der Waals surface area contributed by atoms with Crippen molar-refractivity contribution in [3.05, 3.63) is 35.1 Å². The number of carbonyl (C=O) groups is 1. The van der Waals surface area contributed by atoms with Crippen LogP contribution in [0.4, 0.5) is 4.39 Å². The smallest absolute Gasteiger partial charge is 0.248 e. The number of amides is 1. The van der Waals surface area contributed by atoms with Crippen molar-refractivity contribution in [2.75, 3.05) is 20.1 Å². The number of nitrogens with one attached hydrogen (secondary N) is 1. The van der Waals surface area contributed by atoms with Gasteiger partial charge in [0.05, 0.1) is 0 Å². The molecule has 98 valence electrons. The molecule has 1 saturated heterocycles. The summed E-state index contributed by atoms with van der Waals surface area (Å²) < 4.78 is 13.8. The number of nitrogens with zero attached hydrogens (tertiary/aromatic N) is 1. The molecule has 0 radical (unpaired) electrons. The second-order valence-electron chi connectivity index (χ2n) is 4.73. The van der Waals surface area contributed by atoms with E-state index in [0.29, 0.717) is 18.2 Å². The zero-order valence-electron chi connectivity index (χ0n) is 10.4. The van der Waals surface area contributed by atoms with Crippen LogP contribution in [0, 0.1) is 5.82 Å². The summed E-state index contributed by atoms with van der Waals surface area (Å²) >= 11 is 0. The van der Waals surface area contributed by atoms with Crippen LogP contribution in [0.25, 0.3) is 0 Å². The fraction of sp³-hybridized carbons (Fsp3) is 0.462. The van der Waals surface area contributed by atoms with E-state index in [2.05, 4.69) is 10.2 Å². The highest BCUT2D eigenvalue weighted by Crippen LogP contribution is 2.15. The van der Waals surface area contributed by atoms with Crippen LogP contribution < -0.4 is 11.1 Å². The maximum absolute atomic E-state index is 13.8. The molecule has 0 bridgehead atoms. The zero-order valence-corrected chi connectivity index (χ0v) is 10.4. The highest BCUT2D eigenvalue weighted by molar-refractivity contribution is 5.92. The predicted octanol–water partition coefficient (Wildman–Crippen LogP) is 0.718.